The topological polar surface area (TPSA) is 30.2 Å². The van der Waals surface area contributed by atoms with Gasteiger partial charge in [0.25, 0.3) is 0 Å². The molecule has 0 saturated carbocycles. The summed E-state index contributed by atoms with van der Waals surface area (Å²) in [5.41, 5.74) is 1.13. The Bertz CT molecular complexity index is 302. The van der Waals surface area contributed by atoms with Crippen LogP contribution in [0.4, 0.5) is 0 Å². The molecule has 0 aliphatic rings. The SMILES string of the molecule is CCOC(=O)C[n+]1cccc(C)c1.[Cl-]. The van der Waals surface area contributed by atoms with E-state index in [9.17, 15) is 4.79 Å². The number of aromatic nitrogens is 1. The van der Waals surface area contributed by atoms with Crippen LogP contribution in [0, 0.1) is 6.92 Å². The molecule has 0 bridgehead atoms. The normalized spacial score (nSPS) is 9.00. The summed E-state index contributed by atoms with van der Waals surface area (Å²) in [6, 6.07) is 3.90. The number of pyridine rings is 1. The van der Waals surface area contributed by atoms with Crippen molar-refractivity contribution < 1.29 is 26.5 Å². The molecule has 0 atom stereocenters. The van der Waals surface area contributed by atoms with Crippen molar-refractivity contribution in [1.29, 1.82) is 0 Å². The molecule has 1 heterocycles. The molecule has 0 unspecified atom stereocenters. The summed E-state index contributed by atoms with van der Waals surface area (Å²) >= 11 is 0. The molecule has 4 heteroatoms. The first kappa shape index (κ1) is 12.9. The third kappa shape index (κ3) is 4.23. The predicted molar refractivity (Wildman–Crippen MR) is 48.0 cm³/mol. The second-order valence-electron chi connectivity index (χ2n) is 2.86. The quantitative estimate of drug-likeness (QED) is 0.425. The van der Waals surface area contributed by atoms with E-state index in [4.69, 9.17) is 4.74 Å². The van der Waals surface area contributed by atoms with E-state index >= 15 is 0 Å². The van der Waals surface area contributed by atoms with Crippen molar-refractivity contribution in [3.8, 4) is 0 Å². The van der Waals surface area contributed by atoms with E-state index in [1.165, 1.54) is 0 Å². The average Bonchev–Trinajstić information content (AvgIpc) is 2.04. The van der Waals surface area contributed by atoms with Crippen LogP contribution in [0.15, 0.2) is 24.5 Å². The maximum Gasteiger partial charge on any atom is 0.372 e. The molecule has 0 fully saturated rings. The van der Waals surface area contributed by atoms with E-state index in [2.05, 4.69) is 0 Å². The molecule has 3 nitrogen and oxygen atoms in total. The van der Waals surface area contributed by atoms with Crippen molar-refractivity contribution in [1.82, 2.24) is 0 Å². The fourth-order valence-corrected chi connectivity index (χ4v) is 1.11. The lowest BCUT2D eigenvalue weighted by Crippen LogP contribution is -3.00. The Kier molecular flexibility index (Phi) is 5.88. The van der Waals surface area contributed by atoms with Crippen LogP contribution in [0.1, 0.15) is 12.5 Å². The van der Waals surface area contributed by atoms with Gasteiger partial charge in [-0.05, 0) is 19.9 Å². The number of rotatable bonds is 3. The molecule has 0 amide bonds. The van der Waals surface area contributed by atoms with Gasteiger partial charge in [-0.1, -0.05) is 0 Å². The molecule has 0 aliphatic carbocycles. The molecular formula is C10H14ClNO2. The molecule has 0 spiro atoms. The van der Waals surface area contributed by atoms with Crippen molar-refractivity contribution in [3.05, 3.63) is 30.1 Å². The van der Waals surface area contributed by atoms with Crippen LogP contribution in [0.5, 0.6) is 0 Å². The lowest BCUT2D eigenvalue weighted by atomic mass is 10.3. The monoisotopic (exact) mass is 215 g/mol. The van der Waals surface area contributed by atoms with Crippen LogP contribution < -0.4 is 17.0 Å². The van der Waals surface area contributed by atoms with Gasteiger partial charge in [-0.3, -0.25) is 0 Å². The van der Waals surface area contributed by atoms with Gasteiger partial charge in [0.1, 0.15) is 0 Å². The highest BCUT2D eigenvalue weighted by molar-refractivity contribution is 5.67. The van der Waals surface area contributed by atoms with Crippen molar-refractivity contribution in [2.75, 3.05) is 6.61 Å². The number of carbonyl (C=O) groups is 1. The molecule has 0 aliphatic heterocycles. The minimum Gasteiger partial charge on any atom is -1.00 e. The van der Waals surface area contributed by atoms with Crippen LogP contribution in [0.3, 0.4) is 0 Å². The molecule has 14 heavy (non-hydrogen) atoms. The van der Waals surface area contributed by atoms with Crippen LogP contribution in [0.2, 0.25) is 0 Å². The van der Waals surface area contributed by atoms with Gasteiger partial charge in [0.15, 0.2) is 12.4 Å². The van der Waals surface area contributed by atoms with Crippen LogP contribution in [-0.4, -0.2) is 12.6 Å². The minimum atomic E-state index is -0.196. The Balaban J connectivity index is 0.00000169. The molecule has 1 rings (SSSR count). The molecule has 0 N–H and O–H groups in total. The number of hydrogen-bond donors (Lipinski definition) is 0. The van der Waals surface area contributed by atoms with Crippen LogP contribution in [0.25, 0.3) is 0 Å². The lowest BCUT2D eigenvalue weighted by Gasteiger charge is -1.98. The molecule has 1 aromatic heterocycles. The lowest BCUT2D eigenvalue weighted by molar-refractivity contribution is -0.686. The van der Waals surface area contributed by atoms with E-state index in [-0.39, 0.29) is 24.9 Å². The number of carbonyl (C=O) groups excluding carboxylic acids is 1. The van der Waals surface area contributed by atoms with E-state index in [0.29, 0.717) is 6.61 Å². The Morgan fingerprint density at radius 3 is 2.86 bits per heavy atom. The largest absolute Gasteiger partial charge is 1.00 e. The summed E-state index contributed by atoms with van der Waals surface area (Å²) in [6.45, 7) is 4.52. The maximum absolute atomic E-state index is 11.1. The Labute approximate surface area is 90.1 Å². The zero-order chi connectivity index (χ0) is 9.68. The van der Waals surface area contributed by atoms with Gasteiger partial charge in [0.05, 0.1) is 6.61 Å². The molecule has 0 saturated heterocycles. The van der Waals surface area contributed by atoms with Gasteiger partial charge >= 0.3 is 5.97 Å². The van der Waals surface area contributed by atoms with Gasteiger partial charge < -0.3 is 17.1 Å². The summed E-state index contributed by atoms with van der Waals surface area (Å²) in [4.78, 5) is 11.1. The molecule has 1 aromatic rings. The third-order valence-electron chi connectivity index (χ3n) is 1.62. The van der Waals surface area contributed by atoms with Crippen molar-refractivity contribution in [2.45, 2.75) is 20.4 Å². The number of esters is 1. The number of hydrogen-bond acceptors (Lipinski definition) is 2. The van der Waals surface area contributed by atoms with Crippen LogP contribution >= 0.6 is 0 Å². The maximum atomic E-state index is 11.1. The fraction of sp³-hybridized carbons (Fsp3) is 0.400. The summed E-state index contributed by atoms with van der Waals surface area (Å²) in [5, 5.41) is 0. The van der Waals surface area contributed by atoms with Gasteiger partial charge in [-0.25, -0.2) is 4.79 Å². The van der Waals surface area contributed by atoms with Gasteiger partial charge in [0.2, 0.25) is 6.54 Å². The van der Waals surface area contributed by atoms with E-state index in [1.807, 2.05) is 36.0 Å². The number of aryl methyl sites for hydroxylation is 1. The van der Waals surface area contributed by atoms with E-state index < -0.39 is 0 Å². The zero-order valence-electron chi connectivity index (χ0n) is 8.37. The zero-order valence-corrected chi connectivity index (χ0v) is 9.12. The second-order valence-corrected chi connectivity index (χ2v) is 2.86. The predicted octanol–water partition coefficient (Wildman–Crippen LogP) is -2.15. The minimum absolute atomic E-state index is 0. The third-order valence-corrected chi connectivity index (χ3v) is 1.62. The Morgan fingerprint density at radius 1 is 1.57 bits per heavy atom. The van der Waals surface area contributed by atoms with Crippen molar-refractivity contribution in [2.24, 2.45) is 0 Å². The number of halogens is 1. The standard InChI is InChI=1S/C10H14NO2.ClH/c1-3-13-10(12)8-11-6-4-5-9(2)7-11;/h4-7H,3,8H2,1-2H3;1H/q+1;/p-1. The molecule has 0 radical (unpaired) electrons. The fourth-order valence-electron chi connectivity index (χ4n) is 1.11. The van der Waals surface area contributed by atoms with Crippen molar-refractivity contribution >= 4 is 5.97 Å². The van der Waals surface area contributed by atoms with Crippen molar-refractivity contribution in [3.63, 3.8) is 0 Å². The Morgan fingerprint density at radius 2 is 2.29 bits per heavy atom. The highest BCUT2D eigenvalue weighted by Crippen LogP contribution is 1.89. The smallest absolute Gasteiger partial charge is 0.372 e. The summed E-state index contributed by atoms with van der Waals surface area (Å²) < 4.78 is 6.64. The average molecular weight is 216 g/mol. The second kappa shape index (κ2) is 6.38. The first-order valence-corrected chi connectivity index (χ1v) is 4.33. The number of nitrogens with zero attached hydrogens (tertiary/aromatic N) is 1. The van der Waals surface area contributed by atoms with Crippen LogP contribution in [-0.2, 0) is 16.1 Å². The summed E-state index contributed by atoms with van der Waals surface area (Å²) in [5.74, 6) is -0.196. The van der Waals surface area contributed by atoms with E-state index in [0.717, 1.165) is 5.56 Å². The first-order valence-electron chi connectivity index (χ1n) is 4.33. The number of ether oxygens (including phenoxy) is 1. The molecular weight excluding hydrogens is 202 g/mol. The van der Waals surface area contributed by atoms with Gasteiger partial charge in [0, 0.05) is 11.6 Å². The highest BCUT2D eigenvalue weighted by Gasteiger charge is 2.08. The molecule has 0 aromatic carbocycles. The summed E-state index contributed by atoms with van der Waals surface area (Å²) in [7, 11) is 0. The highest BCUT2D eigenvalue weighted by atomic mass is 35.5. The summed E-state index contributed by atoms with van der Waals surface area (Å²) in [6.07, 6.45) is 3.76. The Hall–Kier alpha value is -1.09. The molecule has 78 valence electrons. The van der Waals surface area contributed by atoms with Gasteiger partial charge in [-0.15, -0.1) is 0 Å². The van der Waals surface area contributed by atoms with E-state index in [1.54, 1.807) is 6.92 Å². The first-order chi connectivity index (χ1) is 6.22. The van der Waals surface area contributed by atoms with Gasteiger partial charge in [-0.2, -0.15) is 4.57 Å².